The molecule has 0 aromatic heterocycles. The highest BCUT2D eigenvalue weighted by Crippen LogP contribution is 2.50. The lowest BCUT2D eigenvalue weighted by atomic mass is 9.77. The van der Waals surface area contributed by atoms with Crippen LogP contribution in [0.15, 0.2) is 41.1 Å². The highest BCUT2D eigenvalue weighted by molar-refractivity contribution is 6.33. The van der Waals surface area contributed by atoms with Crippen molar-refractivity contribution >= 4 is 40.8 Å². The molecule has 2 aliphatic carbocycles. The summed E-state index contributed by atoms with van der Waals surface area (Å²) >= 11 is 12.4. The van der Waals surface area contributed by atoms with Crippen LogP contribution >= 0.6 is 23.2 Å². The summed E-state index contributed by atoms with van der Waals surface area (Å²) in [6, 6.07) is 4.90. The van der Waals surface area contributed by atoms with E-state index in [-0.39, 0.29) is 33.9 Å². The number of anilines is 1. The van der Waals surface area contributed by atoms with Gasteiger partial charge in [-0.2, -0.15) is 13.2 Å². The molecule has 0 heterocycles. The molecule has 0 radical (unpaired) electrons. The number of methoxy groups -OCH3 is 1. The predicted molar refractivity (Wildman–Crippen MR) is 137 cm³/mol. The number of benzene rings is 1. The van der Waals surface area contributed by atoms with E-state index in [1.807, 2.05) is 0 Å². The van der Waals surface area contributed by atoms with E-state index in [2.05, 4.69) is 5.32 Å². The number of ether oxygens (including phenoxy) is 2. The van der Waals surface area contributed by atoms with Gasteiger partial charge >= 0.3 is 12.1 Å². The van der Waals surface area contributed by atoms with Crippen molar-refractivity contribution in [2.75, 3.05) is 12.4 Å². The summed E-state index contributed by atoms with van der Waals surface area (Å²) in [5.74, 6) is -5.08. The molecule has 1 aromatic carbocycles. The number of nitrogens with one attached hydrogen (secondary N) is 1. The van der Waals surface area contributed by atoms with E-state index in [0.717, 1.165) is 12.5 Å². The van der Waals surface area contributed by atoms with Crippen molar-refractivity contribution in [3.05, 3.63) is 51.7 Å². The Morgan fingerprint density at radius 2 is 1.84 bits per heavy atom. The average molecular weight is 562 g/mol. The molecular weight excluding hydrogens is 530 g/mol. The number of hydrogen-bond donors (Lipinski definition) is 1. The quantitative estimate of drug-likeness (QED) is 0.335. The van der Waals surface area contributed by atoms with E-state index in [9.17, 15) is 22.8 Å². The number of carbonyl (C=O) groups excluding carboxylic acids is 2. The van der Waals surface area contributed by atoms with E-state index < -0.39 is 40.9 Å². The summed E-state index contributed by atoms with van der Waals surface area (Å²) in [7, 11) is 1.36. The van der Waals surface area contributed by atoms with Crippen LogP contribution in [0.25, 0.3) is 0 Å². The Labute approximate surface area is 225 Å². The first-order chi connectivity index (χ1) is 17.1. The van der Waals surface area contributed by atoms with Crippen molar-refractivity contribution in [3.63, 3.8) is 0 Å². The van der Waals surface area contributed by atoms with Crippen LogP contribution in [-0.4, -0.2) is 30.8 Å². The topological polar surface area (TPSA) is 64.6 Å². The SMILES string of the molecule is COC1=CC([C@@H](C(=O)Nc2cc(CC3(C(=O)OC(C)(C)C)CC3)ccc2Cl)[C@@H](C)C(F)(F)F)CC=C1Cl. The van der Waals surface area contributed by atoms with E-state index in [0.29, 0.717) is 19.3 Å². The van der Waals surface area contributed by atoms with Crippen molar-refractivity contribution in [1.82, 2.24) is 0 Å². The fourth-order valence-corrected chi connectivity index (χ4v) is 4.86. The summed E-state index contributed by atoms with van der Waals surface area (Å²) in [4.78, 5) is 26.1. The average Bonchev–Trinajstić information content (AvgIpc) is 3.56. The first-order valence-electron chi connectivity index (χ1n) is 12.1. The number of rotatable bonds is 8. The zero-order valence-corrected chi connectivity index (χ0v) is 23.0. The zero-order chi connectivity index (χ0) is 27.8. The van der Waals surface area contributed by atoms with Crippen molar-refractivity contribution < 1.29 is 32.2 Å². The predicted octanol–water partition coefficient (Wildman–Crippen LogP) is 7.43. The van der Waals surface area contributed by atoms with Gasteiger partial charge in [-0.25, -0.2) is 0 Å². The molecule has 3 rings (SSSR count). The molecular formula is C27H32Cl2F3NO4. The van der Waals surface area contributed by atoms with Gasteiger partial charge in [0.2, 0.25) is 5.91 Å². The monoisotopic (exact) mass is 561 g/mol. The maximum atomic E-state index is 13.8. The van der Waals surface area contributed by atoms with E-state index >= 15 is 0 Å². The molecule has 1 amide bonds. The van der Waals surface area contributed by atoms with Crippen LogP contribution in [0.4, 0.5) is 18.9 Å². The minimum absolute atomic E-state index is 0.149. The lowest BCUT2D eigenvalue weighted by Gasteiger charge is -2.32. The van der Waals surface area contributed by atoms with Gasteiger partial charge in [0.25, 0.3) is 0 Å². The molecule has 5 nitrogen and oxygen atoms in total. The molecule has 1 N–H and O–H groups in total. The van der Waals surface area contributed by atoms with Crippen LogP contribution in [0.2, 0.25) is 5.02 Å². The Hall–Kier alpha value is -2.19. The summed E-state index contributed by atoms with van der Waals surface area (Å²) in [5.41, 5.74) is -0.363. The van der Waals surface area contributed by atoms with E-state index in [1.165, 1.54) is 13.2 Å². The number of carbonyl (C=O) groups is 2. The summed E-state index contributed by atoms with van der Waals surface area (Å²) in [5, 5.41) is 3.07. The molecule has 2 aliphatic rings. The van der Waals surface area contributed by atoms with Gasteiger partial charge < -0.3 is 14.8 Å². The molecule has 1 aromatic rings. The van der Waals surface area contributed by atoms with Crippen LogP contribution in [0.1, 0.15) is 52.5 Å². The molecule has 204 valence electrons. The second kappa shape index (κ2) is 10.9. The number of alkyl halides is 3. The van der Waals surface area contributed by atoms with Gasteiger partial charge in [0.15, 0.2) is 0 Å². The van der Waals surface area contributed by atoms with E-state index in [4.69, 9.17) is 32.7 Å². The van der Waals surface area contributed by atoms with Gasteiger partial charge in [0.05, 0.1) is 40.1 Å². The first-order valence-corrected chi connectivity index (χ1v) is 12.8. The van der Waals surface area contributed by atoms with Gasteiger partial charge in [-0.1, -0.05) is 42.3 Å². The Morgan fingerprint density at radius 1 is 1.19 bits per heavy atom. The molecule has 0 saturated heterocycles. The maximum absolute atomic E-state index is 13.8. The number of amides is 1. The lowest BCUT2D eigenvalue weighted by Crippen LogP contribution is -2.40. The highest BCUT2D eigenvalue weighted by atomic mass is 35.5. The van der Waals surface area contributed by atoms with Crippen LogP contribution < -0.4 is 5.32 Å². The fraction of sp³-hybridized carbons (Fsp3) is 0.556. The minimum atomic E-state index is -4.61. The third-order valence-corrected chi connectivity index (χ3v) is 7.40. The zero-order valence-electron chi connectivity index (χ0n) is 21.5. The fourth-order valence-electron chi connectivity index (χ4n) is 4.47. The maximum Gasteiger partial charge on any atom is 0.392 e. The van der Waals surface area contributed by atoms with Gasteiger partial charge in [-0.15, -0.1) is 0 Å². The molecule has 10 heteroatoms. The molecule has 3 atom stereocenters. The second-order valence-corrected chi connectivity index (χ2v) is 11.6. The smallest absolute Gasteiger partial charge is 0.392 e. The molecule has 1 saturated carbocycles. The normalized spacial score (nSPS) is 20.8. The first kappa shape index (κ1) is 29.4. The number of hydrogen-bond acceptors (Lipinski definition) is 4. The highest BCUT2D eigenvalue weighted by Gasteiger charge is 2.52. The standard InChI is InChI=1S/C27H32Cl2F3NO4/c1-15(27(30,31)32)22(17-7-9-19(29)21(13-17)36-5)23(34)33-20-12-16(6-8-18(20)28)14-26(10-11-26)24(35)37-25(2,3)4/h6,8-9,12-13,15,17,22H,7,10-11,14H2,1-5H3,(H,33,34)/t15-,17?,22+/m1/s1. The Kier molecular flexibility index (Phi) is 8.64. The van der Waals surface area contributed by atoms with Crippen molar-refractivity contribution in [3.8, 4) is 0 Å². The van der Waals surface area contributed by atoms with E-state index in [1.54, 1.807) is 45.0 Å². The number of halogens is 5. The largest absolute Gasteiger partial charge is 0.496 e. The lowest BCUT2D eigenvalue weighted by molar-refractivity contribution is -0.188. The Morgan fingerprint density at radius 3 is 2.38 bits per heavy atom. The van der Waals surface area contributed by atoms with Crippen LogP contribution in [0.5, 0.6) is 0 Å². The molecule has 1 fully saturated rings. The minimum Gasteiger partial charge on any atom is -0.496 e. The Bertz CT molecular complexity index is 1100. The molecule has 0 aliphatic heterocycles. The number of esters is 1. The second-order valence-electron chi connectivity index (χ2n) is 10.8. The van der Waals surface area contributed by atoms with Crippen LogP contribution in [0, 0.1) is 23.2 Å². The summed E-state index contributed by atoms with van der Waals surface area (Å²) < 4.78 is 52.1. The van der Waals surface area contributed by atoms with Crippen LogP contribution in [0.3, 0.4) is 0 Å². The number of allylic oxidation sites excluding steroid dienone is 3. The summed E-state index contributed by atoms with van der Waals surface area (Å²) in [6.07, 6.45) is 0.267. The molecule has 1 unspecified atom stereocenters. The van der Waals surface area contributed by atoms with Gasteiger partial charge in [0, 0.05) is 0 Å². The molecule has 0 spiro atoms. The van der Waals surface area contributed by atoms with Gasteiger partial charge in [-0.3, -0.25) is 9.59 Å². The van der Waals surface area contributed by atoms with Gasteiger partial charge in [0.1, 0.15) is 11.4 Å². The van der Waals surface area contributed by atoms with Crippen molar-refractivity contribution in [2.24, 2.45) is 23.2 Å². The Balaban J connectivity index is 1.84. The van der Waals surface area contributed by atoms with Crippen molar-refractivity contribution in [2.45, 2.75) is 65.2 Å². The molecule has 37 heavy (non-hydrogen) atoms. The molecule has 0 bridgehead atoms. The van der Waals surface area contributed by atoms with Crippen molar-refractivity contribution in [1.29, 1.82) is 0 Å². The van der Waals surface area contributed by atoms with Crippen LogP contribution in [-0.2, 0) is 25.5 Å². The third-order valence-electron chi connectivity index (χ3n) is 6.73. The van der Waals surface area contributed by atoms with Gasteiger partial charge in [-0.05, 0) is 76.1 Å². The third kappa shape index (κ3) is 7.23. The summed E-state index contributed by atoms with van der Waals surface area (Å²) in [6.45, 7) is 6.39.